The summed E-state index contributed by atoms with van der Waals surface area (Å²) < 4.78 is 7.79. The molecule has 0 saturated heterocycles. The van der Waals surface area contributed by atoms with Gasteiger partial charge in [0.05, 0.1) is 29.6 Å². The topological polar surface area (TPSA) is 98.1 Å². The maximum Gasteiger partial charge on any atom is 0.333 e. The molecule has 2 heterocycles. The van der Waals surface area contributed by atoms with Gasteiger partial charge in [-0.05, 0) is 30.3 Å². The van der Waals surface area contributed by atoms with Gasteiger partial charge in [0, 0.05) is 18.3 Å². The lowest BCUT2D eigenvalue weighted by atomic mass is 10.2. The third-order valence-corrected chi connectivity index (χ3v) is 4.93. The van der Waals surface area contributed by atoms with Gasteiger partial charge in [0.25, 0.3) is 11.5 Å². The van der Waals surface area contributed by atoms with E-state index in [1.807, 2.05) is 0 Å². The lowest BCUT2D eigenvalue weighted by Gasteiger charge is -2.10. The Hall–Kier alpha value is -3.78. The smallest absolute Gasteiger partial charge is 0.333 e. The van der Waals surface area contributed by atoms with Crippen molar-refractivity contribution in [2.45, 2.75) is 0 Å². The van der Waals surface area contributed by atoms with Crippen molar-refractivity contribution < 1.29 is 9.53 Å². The van der Waals surface area contributed by atoms with Gasteiger partial charge in [-0.25, -0.2) is 9.36 Å². The average molecular weight is 425 g/mol. The van der Waals surface area contributed by atoms with Crippen LogP contribution in [0.2, 0.25) is 5.02 Å². The molecule has 152 valence electrons. The lowest BCUT2D eigenvalue weighted by molar-refractivity contribution is 0.102. The fourth-order valence-electron chi connectivity index (χ4n) is 3.32. The molecule has 2 aromatic carbocycles. The number of amides is 1. The van der Waals surface area contributed by atoms with Crippen LogP contribution in [0.3, 0.4) is 0 Å². The summed E-state index contributed by atoms with van der Waals surface area (Å²) in [5.74, 6) is -0.0957. The van der Waals surface area contributed by atoms with E-state index in [0.717, 1.165) is 4.57 Å². The summed E-state index contributed by atoms with van der Waals surface area (Å²) >= 11 is 6.02. The summed E-state index contributed by atoms with van der Waals surface area (Å²) in [6.07, 6.45) is 1.49. The normalized spacial score (nSPS) is 10.9. The second-order valence-electron chi connectivity index (χ2n) is 6.58. The molecular formula is C21H17ClN4O4. The molecular weight excluding hydrogens is 408 g/mol. The van der Waals surface area contributed by atoms with E-state index in [1.165, 1.54) is 17.9 Å². The lowest BCUT2D eigenvalue weighted by Crippen LogP contribution is -2.34. The Morgan fingerprint density at radius 1 is 1.13 bits per heavy atom. The number of aromatic nitrogens is 3. The zero-order valence-corrected chi connectivity index (χ0v) is 16.9. The molecule has 8 nitrogen and oxygen atoms in total. The van der Waals surface area contributed by atoms with Crippen molar-refractivity contribution in [3.63, 3.8) is 0 Å². The zero-order valence-electron chi connectivity index (χ0n) is 16.1. The molecule has 0 fully saturated rings. The fourth-order valence-corrected chi connectivity index (χ4v) is 3.50. The molecule has 0 atom stereocenters. The van der Waals surface area contributed by atoms with Crippen molar-refractivity contribution in [3.8, 4) is 11.4 Å². The number of benzene rings is 2. The monoisotopic (exact) mass is 424 g/mol. The molecule has 9 heteroatoms. The zero-order chi connectivity index (χ0) is 21.4. The van der Waals surface area contributed by atoms with E-state index in [2.05, 4.69) is 10.3 Å². The van der Waals surface area contributed by atoms with Crippen LogP contribution in [0.5, 0.6) is 5.75 Å². The molecule has 0 aliphatic rings. The number of methoxy groups -OCH3 is 1. The first-order valence-electron chi connectivity index (χ1n) is 8.95. The number of hydrogen-bond acceptors (Lipinski definition) is 4. The first-order chi connectivity index (χ1) is 14.4. The SMILES string of the molecule is COc1ccc(Cl)cc1NC(=O)c1cn(C)c2c(=O)n(-c3ccccc3)c(=O)[nH]c12. The molecule has 4 aromatic rings. The molecule has 4 rings (SSSR count). The third kappa shape index (κ3) is 3.27. The molecule has 2 aromatic heterocycles. The van der Waals surface area contributed by atoms with E-state index in [0.29, 0.717) is 22.1 Å². The van der Waals surface area contributed by atoms with Gasteiger partial charge < -0.3 is 19.6 Å². The number of hydrogen-bond donors (Lipinski definition) is 2. The van der Waals surface area contributed by atoms with Crippen LogP contribution in [0.25, 0.3) is 16.7 Å². The highest BCUT2D eigenvalue weighted by atomic mass is 35.5. The molecule has 0 unspecified atom stereocenters. The number of fused-ring (bicyclic) bond motifs is 1. The summed E-state index contributed by atoms with van der Waals surface area (Å²) in [5, 5.41) is 3.14. The Labute approximate surface area is 175 Å². The number of rotatable bonds is 4. The maximum atomic E-state index is 13.1. The van der Waals surface area contributed by atoms with Crippen molar-refractivity contribution in [2.75, 3.05) is 12.4 Å². The van der Waals surface area contributed by atoms with Crippen LogP contribution in [0.15, 0.2) is 64.3 Å². The highest BCUT2D eigenvalue weighted by molar-refractivity contribution is 6.31. The standard InChI is InChI=1S/C21H17ClN4O4/c1-25-11-14(19(27)23-15-10-12(22)8-9-16(15)30-2)17-18(25)20(28)26(21(29)24-17)13-6-4-3-5-7-13/h3-11H,1-2H3,(H,23,27)(H,24,29). The van der Waals surface area contributed by atoms with Gasteiger partial charge in [-0.1, -0.05) is 29.8 Å². The number of nitrogens with zero attached hydrogens (tertiary/aromatic N) is 2. The molecule has 0 spiro atoms. The number of ether oxygens (including phenoxy) is 1. The van der Waals surface area contributed by atoms with Gasteiger partial charge in [-0.3, -0.25) is 9.59 Å². The number of aromatic amines is 1. The Balaban J connectivity index is 1.84. The summed E-state index contributed by atoms with van der Waals surface area (Å²) in [5.41, 5.74) is 0.124. The summed E-state index contributed by atoms with van der Waals surface area (Å²) in [6, 6.07) is 13.4. The summed E-state index contributed by atoms with van der Waals surface area (Å²) in [6.45, 7) is 0. The van der Waals surface area contributed by atoms with E-state index in [-0.39, 0.29) is 16.6 Å². The van der Waals surface area contributed by atoms with Crippen molar-refractivity contribution in [1.82, 2.24) is 14.1 Å². The van der Waals surface area contributed by atoms with Gasteiger partial charge in [-0.2, -0.15) is 0 Å². The van der Waals surface area contributed by atoms with E-state index in [9.17, 15) is 14.4 Å². The Morgan fingerprint density at radius 2 is 1.87 bits per heavy atom. The minimum Gasteiger partial charge on any atom is -0.495 e. The number of nitrogens with one attached hydrogen (secondary N) is 2. The van der Waals surface area contributed by atoms with Crippen LogP contribution in [0, 0.1) is 0 Å². The fraction of sp³-hybridized carbons (Fsp3) is 0.0952. The van der Waals surface area contributed by atoms with E-state index in [4.69, 9.17) is 16.3 Å². The summed E-state index contributed by atoms with van der Waals surface area (Å²) in [4.78, 5) is 41.3. The van der Waals surface area contributed by atoms with Crippen molar-refractivity contribution in [1.29, 1.82) is 0 Å². The minimum atomic E-state index is -0.640. The van der Waals surface area contributed by atoms with E-state index < -0.39 is 17.2 Å². The molecule has 1 amide bonds. The van der Waals surface area contributed by atoms with Crippen molar-refractivity contribution >= 4 is 34.2 Å². The van der Waals surface area contributed by atoms with Crippen molar-refractivity contribution in [3.05, 3.63) is 86.2 Å². The number of anilines is 1. The first-order valence-corrected chi connectivity index (χ1v) is 9.33. The van der Waals surface area contributed by atoms with Crippen LogP contribution < -0.4 is 21.3 Å². The third-order valence-electron chi connectivity index (χ3n) is 4.69. The Kier molecular flexibility index (Phi) is 4.93. The molecule has 0 radical (unpaired) electrons. The molecule has 30 heavy (non-hydrogen) atoms. The van der Waals surface area contributed by atoms with Gasteiger partial charge in [0.2, 0.25) is 0 Å². The predicted molar refractivity (Wildman–Crippen MR) is 115 cm³/mol. The number of aryl methyl sites for hydroxylation is 1. The number of carbonyl (C=O) groups is 1. The largest absolute Gasteiger partial charge is 0.495 e. The molecule has 0 aliphatic carbocycles. The average Bonchev–Trinajstić information content (AvgIpc) is 3.05. The summed E-state index contributed by atoms with van der Waals surface area (Å²) in [7, 11) is 3.11. The molecule has 2 N–H and O–H groups in total. The van der Waals surface area contributed by atoms with Crippen LogP contribution in [-0.4, -0.2) is 27.1 Å². The van der Waals surface area contributed by atoms with Crippen LogP contribution in [0.1, 0.15) is 10.4 Å². The van der Waals surface area contributed by atoms with E-state index in [1.54, 1.807) is 55.6 Å². The minimum absolute atomic E-state index is 0.143. The van der Waals surface area contributed by atoms with Gasteiger partial charge in [0.1, 0.15) is 11.3 Å². The van der Waals surface area contributed by atoms with Gasteiger partial charge >= 0.3 is 5.69 Å². The maximum absolute atomic E-state index is 13.1. The van der Waals surface area contributed by atoms with Gasteiger partial charge in [0.15, 0.2) is 0 Å². The highest BCUT2D eigenvalue weighted by Crippen LogP contribution is 2.28. The molecule has 0 aliphatic heterocycles. The highest BCUT2D eigenvalue weighted by Gasteiger charge is 2.21. The Bertz CT molecular complexity index is 1390. The number of halogens is 1. The Morgan fingerprint density at radius 3 is 2.57 bits per heavy atom. The predicted octanol–water partition coefficient (Wildman–Crippen LogP) is 2.93. The second kappa shape index (κ2) is 7.57. The number of H-pyrrole nitrogens is 1. The molecule has 0 saturated carbocycles. The number of carbonyl (C=O) groups excluding carboxylic acids is 1. The van der Waals surface area contributed by atoms with Gasteiger partial charge in [-0.15, -0.1) is 0 Å². The second-order valence-corrected chi connectivity index (χ2v) is 7.02. The number of para-hydroxylation sites is 1. The van der Waals surface area contributed by atoms with E-state index >= 15 is 0 Å². The molecule has 0 bridgehead atoms. The quantitative estimate of drug-likeness (QED) is 0.526. The first kappa shape index (κ1) is 19.5. The van der Waals surface area contributed by atoms with Crippen LogP contribution in [-0.2, 0) is 7.05 Å². The van der Waals surface area contributed by atoms with Crippen LogP contribution >= 0.6 is 11.6 Å². The van der Waals surface area contributed by atoms with Crippen LogP contribution in [0.4, 0.5) is 5.69 Å². The van der Waals surface area contributed by atoms with Crippen molar-refractivity contribution in [2.24, 2.45) is 7.05 Å².